The molecule has 0 bridgehead atoms. The second-order valence-electron chi connectivity index (χ2n) is 5.35. The molecule has 0 aromatic heterocycles. The van der Waals surface area contributed by atoms with Gasteiger partial charge in [0.05, 0.1) is 0 Å². The van der Waals surface area contributed by atoms with Gasteiger partial charge in [-0.15, -0.1) is 31.4 Å². The van der Waals surface area contributed by atoms with E-state index in [0.717, 1.165) is 44.6 Å². The molecular weight excluding hydrogens is 326 g/mol. The fraction of sp³-hybridized carbons (Fsp3) is 0.500. The van der Waals surface area contributed by atoms with Crippen LogP contribution < -0.4 is 5.32 Å². The number of piperazine rings is 1. The Kier molecular flexibility index (Phi) is 9.69. The van der Waals surface area contributed by atoms with Crippen LogP contribution in [0.25, 0.3) is 0 Å². The maximum Gasteiger partial charge on any atom is 0.165 e. The molecule has 0 amide bonds. The minimum Gasteiger partial charge on any atom is -0.505 e. The van der Waals surface area contributed by atoms with E-state index in [1.54, 1.807) is 0 Å². The Balaban J connectivity index is 0.00000220. The van der Waals surface area contributed by atoms with Gasteiger partial charge in [-0.1, -0.05) is 12.1 Å². The largest absolute Gasteiger partial charge is 0.505 e. The van der Waals surface area contributed by atoms with Gasteiger partial charge in [-0.3, -0.25) is 4.90 Å². The second kappa shape index (κ2) is 10.1. The van der Waals surface area contributed by atoms with Crippen molar-refractivity contribution in [1.82, 2.24) is 10.2 Å². The van der Waals surface area contributed by atoms with Crippen molar-refractivity contribution in [3.05, 3.63) is 41.7 Å². The molecule has 0 aliphatic carbocycles. The van der Waals surface area contributed by atoms with Crippen molar-refractivity contribution in [3.63, 3.8) is 0 Å². The van der Waals surface area contributed by atoms with Gasteiger partial charge in [-0.05, 0) is 31.4 Å². The van der Waals surface area contributed by atoms with E-state index < -0.39 is 5.82 Å². The Morgan fingerprint density at radius 2 is 2.00 bits per heavy atom. The Morgan fingerprint density at radius 3 is 2.59 bits per heavy atom. The molecule has 0 spiro atoms. The lowest BCUT2D eigenvalue weighted by Gasteiger charge is -2.35. The molecule has 1 aromatic rings. The molecule has 1 fully saturated rings. The molecular formula is C16H25Cl2FN2O. The van der Waals surface area contributed by atoms with E-state index in [1.807, 2.05) is 19.1 Å². The first-order chi connectivity index (χ1) is 9.63. The third-order valence-electron chi connectivity index (χ3n) is 3.83. The lowest BCUT2D eigenvalue weighted by atomic mass is 9.96. The fourth-order valence-electron chi connectivity index (χ4n) is 2.82. The van der Waals surface area contributed by atoms with Gasteiger partial charge in [0, 0.05) is 37.8 Å². The van der Waals surface area contributed by atoms with Crippen LogP contribution in [0.4, 0.5) is 4.39 Å². The summed E-state index contributed by atoms with van der Waals surface area (Å²) in [6.07, 6.45) is 3.57. The van der Waals surface area contributed by atoms with Crippen LogP contribution in [0.2, 0.25) is 0 Å². The van der Waals surface area contributed by atoms with Crippen molar-refractivity contribution in [3.8, 4) is 5.75 Å². The predicted molar refractivity (Wildman–Crippen MR) is 93.9 cm³/mol. The highest BCUT2D eigenvalue weighted by molar-refractivity contribution is 5.85. The van der Waals surface area contributed by atoms with Crippen molar-refractivity contribution in [2.75, 3.05) is 26.2 Å². The van der Waals surface area contributed by atoms with Crippen LogP contribution in [0.15, 0.2) is 24.8 Å². The zero-order valence-electron chi connectivity index (χ0n) is 12.8. The van der Waals surface area contributed by atoms with E-state index >= 15 is 0 Å². The lowest BCUT2D eigenvalue weighted by molar-refractivity contribution is 0.163. The smallest absolute Gasteiger partial charge is 0.165 e. The zero-order valence-corrected chi connectivity index (χ0v) is 14.5. The number of phenolic OH excluding ortho intramolecular Hbond substituents is 1. The molecule has 1 aromatic carbocycles. The molecule has 22 heavy (non-hydrogen) atoms. The molecule has 1 atom stereocenters. The molecule has 1 aliphatic heterocycles. The summed E-state index contributed by atoms with van der Waals surface area (Å²) in [4.78, 5) is 2.31. The number of phenols is 1. The Morgan fingerprint density at radius 1 is 1.36 bits per heavy atom. The van der Waals surface area contributed by atoms with Crippen LogP contribution in [-0.4, -0.2) is 36.2 Å². The van der Waals surface area contributed by atoms with Crippen LogP contribution in [0.1, 0.15) is 30.0 Å². The van der Waals surface area contributed by atoms with Gasteiger partial charge in [0.15, 0.2) is 11.6 Å². The van der Waals surface area contributed by atoms with Crippen LogP contribution in [0.5, 0.6) is 5.75 Å². The van der Waals surface area contributed by atoms with Crippen molar-refractivity contribution in [1.29, 1.82) is 0 Å². The van der Waals surface area contributed by atoms with E-state index in [2.05, 4.69) is 16.8 Å². The average Bonchev–Trinajstić information content (AvgIpc) is 2.45. The molecule has 0 unspecified atom stereocenters. The minimum atomic E-state index is -0.529. The Labute approximate surface area is 144 Å². The van der Waals surface area contributed by atoms with Crippen molar-refractivity contribution >= 4 is 24.8 Å². The van der Waals surface area contributed by atoms with Crippen LogP contribution in [0, 0.1) is 12.7 Å². The van der Waals surface area contributed by atoms with E-state index in [1.165, 1.54) is 6.07 Å². The Bertz CT molecular complexity index is 479. The summed E-state index contributed by atoms with van der Waals surface area (Å²) in [6.45, 7) is 9.30. The number of hydrogen-bond acceptors (Lipinski definition) is 3. The molecule has 3 nitrogen and oxygen atoms in total. The first-order valence-electron chi connectivity index (χ1n) is 7.18. The number of rotatable bonds is 5. The topological polar surface area (TPSA) is 35.5 Å². The molecule has 1 aliphatic rings. The second-order valence-corrected chi connectivity index (χ2v) is 5.35. The summed E-state index contributed by atoms with van der Waals surface area (Å²) in [7, 11) is 0. The van der Waals surface area contributed by atoms with Gasteiger partial charge in [0.2, 0.25) is 0 Å². The summed E-state index contributed by atoms with van der Waals surface area (Å²) in [5, 5.41) is 13.4. The van der Waals surface area contributed by atoms with Crippen molar-refractivity contribution < 1.29 is 9.50 Å². The van der Waals surface area contributed by atoms with Crippen LogP contribution >= 0.6 is 24.8 Å². The quantitative estimate of drug-likeness (QED) is 0.796. The number of aromatic hydroxyl groups is 1. The highest BCUT2D eigenvalue weighted by Crippen LogP contribution is 2.35. The standard InChI is InChI=1S/C16H23FN2O.2ClH/c1-3-4-5-15(19-8-6-18-7-9-19)13-10-12(2)11-14(17)16(13)20;;/h3,10-11,15,18,20H,1,4-9H2,2H3;2*1H/t15-;;/m1../s1. The predicted octanol–water partition coefficient (Wildman–Crippen LogP) is 3.60. The fourth-order valence-corrected chi connectivity index (χ4v) is 2.82. The van der Waals surface area contributed by atoms with Gasteiger partial charge >= 0.3 is 0 Å². The molecule has 2 N–H and O–H groups in total. The van der Waals surface area contributed by atoms with Gasteiger partial charge in [-0.2, -0.15) is 0 Å². The summed E-state index contributed by atoms with van der Waals surface area (Å²) in [5.74, 6) is -0.734. The number of halogens is 3. The number of hydrogen-bond donors (Lipinski definition) is 2. The maximum atomic E-state index is 13.8. The third-order valence-corrected chi connectivity index (χ3v) is 3.83. The number of nitrogens with one attached hydrogen (secondary N) is 1. The minimum absolute atomic E-state index is 0. The van der Waals surface area contributed by atoms with Gasteiger partial charge < -0.3 is 10.4 Å². The van der Waals surface area contributed by atoms with E-state index in [4.69, 9.17) is 0 Å². The molecule has 1 saturated heterocycles. The average molecular weight is 351 g/mol. The molecule has 6 heteroatoms. The van der Waals surface area contributed by atoms with Gasteiger partial charge in [0.25, 0.3) is 0 Å². The summed E-state index contributed by atoms with van der Waals surface area (Å²) in [6, 6.07) is 3.32. The number of benzene rings is 1. The van der Waals surface area contributed by atoms with Gasteiger partial charge in [0.1, 0.15) is 0 Å². The number of aryl methyl sites for hydroxylation is 1. The molecule has 1 heterocycles. The van der Waals surface area contributed by atoms with Crippen molar-refractivity contribution in [2.24, 2.45) is 0 Å². The first-order valence-corrected chi connectivity index (χ1v) is 7.18. The van der Waals surface area contributed by atoms with Crippen LogP contribution in [0.3, 0.4) is 0 Å². The van der Waals surface area contributed by atoms with Crippen LogP contribution in [-0.2, 0) is 0 Å². The highest BCUT2D eigenvalue weighted by Gasteiger charge is 2.25. The monoisotopic (exact) mass is 350 g/mol. The molecule has 2 rings (SSSR count). The molecule has 126 valence electrons. The zero-order chi connectivity index (χ0) is 14.5. The summed E-state index contributed by atoms with van der Waals surface area (Å²) < 4.78 is 13.8. The van der Waals surface area contributed by atoms with E-state index in [9.17, 15) is 9.50 Å². The lowest BCUT2D eigenvalue weighted by Crippen LogP contribution is -2.45. The Hall–Kier alpha value is -0.810. The summed E-state index contributed by atoms with van der Waals surface area (Å²) in [5.41, 5.74) is 1.54. The third kappa shape index (κ3) is 5.13. The highest BCUT2D eigenvalue weighted by atomic mass is 35.5. The van der Waals surface area contributed by atoms with Crippen molar-refractivity contribution in [2.45, 2.75) is 25.8 Å². The maximum absolute atomic E-state index is 13.8. The SMILES string of the molecule is C=CCC[C@H](c1cc(C)cc(F)c1O)N1CCNCC1.Cl.Cl. The summed E-state index contributed by atoms with van der Waals surface area (Å²) >= 11 is 0. The molecule has 0 radical (unpaired) electrons. The van der Waals surface area contributed by atoms with E-state index in [0.29, 0.717) is 5.56 Å². The number of nitrogens with zero attached hydrogens (tertiary/aromatic N) is 1. The first kappa shape index (κ1) is 21.2. The van der Waals surface area contributed by atoms with Gasteiger partial charge in [-0.25, -0.2) is 4.39 Å². The number of allylic oxidation sites excluding steroid dienone is 1. The van der Waals surface area contributed by atoms with E-state index in [-0.39, 0.29) is 36.6 Å². The molecule has 0 saturated carbocycles. The normalized spacial score (nSPS) is 16.3.